The fourth-order valence-corrected chi connectivity index (χ4v) is 5.99. The summed E-state index contributed by atoms with van der Waals surface area (Å²) in [6.07, 6.45) is 26.2. The summed E-state index contributed by atoms with van der Waals surface area (Å²) in [4.78, 5) is 25.2. The van der Waals surface area contributed by atoms with Crippen LogP contribution in [0, 0.1) is 0 Å². The normalized spacial score (nSPS) is 21.4. The van der Waals surface area contributed by atoms with Gasteiger partial charge < -0.3 is 39.4 Å². The van der Waals surface area contributed by atoms with Gasteiger partial charge in [0, 0.05) is 12.8 Å². The molecule has 51 heavy (non-hydrogen) atoms. The molecule has 0 aromatic carbocycles. The second-order valence-electron chi connectivity index (χ2n) is 14.1. The number of rotatable bonds is 33. The minimum atomic E-state index is -1.59. The van der Waals surface area contributed by atoms with Crippen molar-refractivity contribution in [3.05, 3.63) is 24.3 Å². The molecule has 4 N–H and O–H groups in total. The van der Waals surface area contributed by atoms with Crippen molar-refractivity contribution in [1.29, 1.82) is 0 Å². The highest BCUT2D eigenvalue weighted by atomic mass is 16.7. The smallest absolute Gasteiger partial charge is 0.306 e. The van der Waals surface area contributed by atoms with Crippen LogP contribution in [-0.2, 0) is 28.5 Å². The molecule has 298 valence electrons. The number of aliphatic hydroxyl groups is 4. The largest absolute Gasteiger partial charge is 0.462 e. The van der Waals surface area contributed by atoms with Crippen LogP contribution in [0.5, 0.6) is 0 Å². The van der Waals surface area contributed by atoms with Gasteiger partial charge in [0.15, 0.2) is 12.4 Å². The van der Waals surface area contributed by atoms with Gasteiger partial charge in [0.25, 0.3) is 0 Å². The SMILES string of the molecule is CCCC/C=C/CCCCCCCC(=O)O[C@@H](COC(=O)CCCCCCCCC/C=C/CCCCCC)CO[C@H]1O[C@@H](CO)[C@@H](O)C(O)C1O. The van der Waals surface area contributed by atoms with Crippen LogP contribution in [0.3, 0.4) is 0 Å². The molecule has 1 rings (SSSR count). The molecule has 0 aromatic rings. The van der Waals surface area contributed by atoms with Crippen LogP contribution >= 0.6 is 0 Å². The van der Waals surface area contributed by atoms with E-state index in [4.69, 9.17) is 18.9 Å². The van der Waals surface area contributed by atoms with Gasteiger partial charge in [-0.3, -0.25) is 9.59 Å². The van der Waals surface area contributed by atoms with Crippen molar-refractivity contribution in [2.24, 2.45) is 0 Å². The van der Waals surface area contributed by atoms with E-state index in [1.807, 2.05) is 0 Å². The van der Waals surface area contributed by atoms with Gasteiger partial charge in [0.1, 0.15) is 31.0 Å². The summed E-state index contributed by atoms with van der Waals surface area (Å²) >= 11 is 0. The molecule has 0 spiro atoms. The van der Waals surface area contributed by atoms with Crippen LogP contribution in [0.4, 0.5) is 0 Å². The Labute approximate surface area is 309 Å². The molecular formula is C41H74O10. The molecule has 1 fully saturated rings. The number of hydrogen-bond acceptors (Lipinski definition) is 10. The molecule has 1 saturated heterocycles. The summed E-state index contributed by atoms with van der Waals surface area (Å²) in [6, 6.07) is 0. The van der Waals surface area contributed by atoms with Crippen molar-refractivity contribution >= 4 is 11.9 Å². The number of carbonyl (C=O) groups is 2. The quantitative estimate of drug-likeness (QED) is 0.0300. The summed E-state index contributed by atoms with van der Waals surface area (Å²) in [6.45, 7) is 3.34. The topological polar surface area (TPSA) is 152 Å². The van der Waals surface area contributed by atoms with Crippen molar-refractivity contribution in [1.82, 2.24) is 0 Å². The number of unbranched alkanes of at least 4 members (excludes halogenated alkanes) is 18. The third-order valence-electron chi connectivity index (χ3n) is 9.31. The van der Waals surface area contributed by atoms with E-state index in [1.165, 1.54) is 64.2 Å². The summed E-state index contributed by atoms with van der Waals surface area (Å²) in [7, 11) is 0. The maximum absolute atomic E-state index is 12.7. The molecule has 2 unspecified atom stereocenters. The predicted molar refractivity (Wildman–Crippen MR) is 201 cm³/mol. The number of allylic oxidation sites excluding steroid dienone is 4. The summed E-state index contributed by atoms with van der Waals surface area (Å²) in [5.74, 6) is -0.823. The molecule has 6 atom stereocenters. The van der Waals surface area contributed by atoms with Crippen molar-refractivity contribution < 1.29 is 49.0 Å². The molecule has 0 aliphatic carbocycles. The molecule has 1 aliphatic rings. The second kappa shape index (κ2) is 32.8. The zero-order valence-electron chi connectivity index (χ0n) is 32.1. The lowest BCUT2D eigenvalue weighted by molar-refractivity contribution is -0.305. The van der Waals surface area contributed by atoms with Gasteiger partial charge in [0.05, 0.1) is 13.2 Å². The van der Waals surface area contributed by atoms with E-state index in [0.717, 1.165) is 70.6 Å². The Morgan fingerprint density at radius 1 is 0.588 bits per heavy atom. The highest BCUT2D eigenvalue weighted by Crippen LogP contribution is 2.22. The van der Waals surface area contributed by atoms with E-state index in [0.29, 0.717) is 6.42 Å². The number of hydrogen-bond donors (Lipinski definition) is 4. The standard InChI is InChI=1S/C41H74O10/c1-3-5-7-9-11-13-15-16-17-18-20-21-23-25-27-29-36(43)48-32-34(33-49-41-40(47)39(46)38(45)35(31-42)51-41)50-37(44)30-28-26-24-22-19-14-12-10-8-6-4-2/h10,12-13,15,34-35,38-42,45-47H,3-9,11,14,16-33H2,1-2H3/b12-10+,15-13+/t34-,35-,38+,39?,40?,41-/m0/s1. The third kappa shape index (κ3) is 24.9. The van der Waals surface area contributed by atoms with Gasteiger partial charge in [0.2, 0.25) is 0 Å². The van der Waals surface area contributed by atoms with Gasteiger partial charge in [-0.05, 0) is 57.8 Å². The first-order chi connectivity index (χ1) is 24.8. The molecule has 10 heteroatoms. The van der Waals surface area contributed by atoms with Crippen LogP contribution in [0.25, 0.3) is 0 Å². The first-order valence-electron chi connectivity index (χ1n) is 20.4. The summed E-state index contributed by atoms with van der Waals surface area (Å²) < 4.78 is 22.1. The van der Waals surface area contributed by atoms with Crippen molar-refractivity contribution in [3.63, 3.8) is 0 Å². The zero-order chi connectivity index (χ0) is 37.4. The lowest BCUT2D eigenvalue weighted by Crippen LogP contribution is -2.59. The predicted octanol–water partition coefficient (Wildman–Crippen LogP) is 7.77. The Balaban J connectivity index is 2.37. The Bertz CT molecular complexity index is 892. The van der Waals surface area contributed by atoms with Crippen molar-refractivity contribution in [2.75, 3.05) is 19.8 Å². The first kappa shape index (κ1) is 47.2. The molecule has 0 saturated carbocycles. The minimum Gasteiger partial charge on any atom is -0.462 e. The number of esters is 2. The number of ether oxygens (including phenoxy) is 4. The average molecular weight is 727 g/mol. The Kier molecular flexibility index (Phi) is 30.4. The molecule has 10 nitrogen and oxygen atoms in total. The van der Waals surface area contributed by atoms with E-state index in [1.54, 1.807) is 0 Å². The van der Waals surface area contributed by atoms with Crippen LogP contribution in [0.2, 0.25) is 0 Å². The van der Waals surface area contributed by atoms with Crippen molar-refractivity contribution in [2.45, 2.75) is 205 Å². The van der Waals surface area contributed by atoms with Gasteiger partial charge in [-0.1, -0.05) is 122 Å². The van der Waals surface area contributed by atoms with Crippen molar-refractivity contribution in [3.8, 4) is 0 Å². The van der Waals surface area contributed by atoms with E-state index >= 15 is 0 Å². The van der Waals surface area contributed by atoms with E-state index < -0.39 is 49.4 Å². The number of aliphatic hydroxyl groups excluding tert-OH is 4. The fraction of sp³-hybridized carbons (Fsp3) is 0.854. The zero-order valence-corrected chi connectivity index (χ0v) is 32.1. The maximum Gasteiger partial charge on any atom is 0.306 e. The Morgan fingerprint density at radius 3 is 1.59 bits per heavy atom. The van der Waals surface area contributed by atoms with E-state index in [2.05, 4.69) is 38.2 Å². The molecule has 0 radical (unpaired) electrons. The van der Waals surface area contributed by atoms with E-state index in [-0.39, 0.29) is 32.0 Å². The third-order valence-corrected chi connectivity index (χ3v) is 9.31. The van der Waals surface area contributed by atoms with E-state index in [9.17, 15) is 30.0 Å². The first-order valence-corrected chi connectivity index (χ1v) is 20.4. The minimum absolute atomic E-state index is 0.219. The fourth-order valence-electron chi connectivity index (χ4n) is 5.99. The summed E-state index contributed by atoms with van der Waals surface area (Å²) in [5.41, 5.74) is 0. The lowest BCUT2D eigenvalue weighted by atomic mass is 9.99. The van der Waals surface area contributed by atoms with Crippen LogP contribution in [0.1, 0.15) is 168 Å². The molecule has 0 aromatic heterocycles. The van der Waals surface area contributed by atoms with Gasteiger partial charge in [-0.2, -0.15) is 0 Å². The van der Waals surface area contributed by atoms with Crippen LogP contribution in [-0.4, -0.2) is 89.0 Å². The average Bonchev–Trinajstić information content (AvgIpc) is 3.13. The van der Waals surface area contributed by atoms with Crippen LogP contribution in [0.15, 0.2) is 24.3 Å². The lowest BCUT2D eigenvalue weighted by Gasteiger charge is -2.39. The highest BCUT2D eigenvalue weighted by molar-refractivity contribution is 5.70. The Hall–Kier alpha value is -1.82. The second-order valence-corrected chi connectivity index (χ2v) is 14.1. The van der Waals surface area contributed by atoms with Gasteiger partial charge in [-0.15, -0.1) is 0 Å². The molecule has 1 aliphatic heterocycles. The molecule has 0 amide bonds. The molecule has 0 bridgehead atoms. The number of carbonyl (C=O) groups excluding carboxylic acids is 2. The highest BCUT2D eigenvalue weighted by Gasteiger charge is 2.44. The molecular weight excluding hydrogens is 652 g/mol. The molecule has 1 heterocycles. The maximum atomic E-state index is 12.7. The van der Waals surface area contributed by atoms with Crippen LogP contribution < -0.4 is 0 Å². The monoisotopic (exact) mass is 727 g/mol. The van der Waals surface area contributed by atoms with Gasteiger partial charge in [-0.25, -0.2) is 0 Å². The summed E-state index contributed by atoms with van der Waals surface area (Å²) in [5, 5.41) is 39.9. The van der Waals surface area contributed by atoms with Gasteiger partial charge >= 0.3 is 11.9 Å². The Morgan fingerprint density at radius 2 is 1.06 bits per heavy atom.